The van der Waals surface area contributed by atoms with E-state index in [1.54, 1.807) is 17.5 Å². The highest BCUT2D eigenvalue weighted by atomic mass is 32.1. The Hall–Kier alpha value is -5.75. The van der Waals surface area contributed by atoms with Crippen LogP contribution in [0, 0.1) is 22.7 Å². The average Bonchev–Trinajstić information content (AvgIpc) is 3.58. The Morgan fingerprint density at radius 3 is 2.19 bits per heavy atom. The van der Waals surface area contributed by atoms with E-state index in [4.69, 9.17) is 0 Å². The number of hydrogen-bond acceptors (Lipinski definition) is 4. The van der Waals surface area contributed by atoms with Gasteiger partial charge < -0.3 is 4.57 Å². The first-order chi connectivity index (χ1) is 20.7. The Kier molecular flexibility index (Phi) is 5.40. The lowest BCUT2D eigenvalue weighted by Crippen LogP contribution is -1.99. The lowest BCUT2D eigenvalue weighted by molar-refractivity contribution is 1.17. The number of thiophene rings is 1. The molecule has 0 radical (unpaired) electrons. The molecule has 0 saturated carbocycles. The smallest absolute Gasteiger partial charge is 0.148 e. The van der Waals surface area contributed by atoms with Crippen LogP contribution in [0.5, 0.6) is 0 Å². The van der Waals surface area contributed by atoms with Gasteiger partial charge >= 0.3 is 0 Å². The minimum absolute atomic E-state index is 0.329. The molecule has 4 nitrogen and oxygen atoms in total. The molecular weight excluding hydrogens is 533 g/mol. The predicted molar refractivity (Wildman–Crippen MR) is 172 cm³/mol. The Balaban J connectivity index is 1.36. The van der Waals surface area contributed by atoms with E-state index in [2.05, 4.69) is 76.3 Å². The number of nitriles is 2. The van der Waals surface area contributed by atoms with Crippen LogP contribution in [0.2, 0.25) is 0 Å². The predicted octanol–water partition coefficient (Wildman–Crippen LogP) is 9.62. The van der Waals surface area contributed by atoms with Crippen LogP contribution in [0.4, 0.5) is 0 Å². The lowest BCUT2D eigenvalue weighted by Gasteiger charge is -2.13. The molecule has 0 spiro atoms. The van der Waals surface area contributed by atoms with Crippen molar-refractivity contribution in [1.82, 2.24) is 9.55 Å². The third-order valence-corrected chi connectivity index (χ3v) is 9.07. The van der Waals surface area contributed by atoms with Crippen molar-refractivity contribution in [2.45, 2.75) is 0 Å². The molecule has 5 aromatic carbocycles. The summed E-state index contributed by atoms with van der Waals surface area (Å²) in [5.74, 6) is 0. The van der Waals surface area contributed by atoms with Crippen LogP contribution in [0.15, 0.2) is 121 Å². The summed E-state index contributed by atoms with van der Waals surface area (Å²) in [5, 5.41) is 25.1. The maximum Gasteiger partial charge on any atom is 0.148 e. The molecular formula is C37H20N4S. The summed E-state index contributed by atoms with van der Waals surface area (Å²) in [6.07, 6.45) is 1.73. The Morgan fingerprint density at radius 1 is 0.571 bits per heavy atom. The Labute approximate surface area is 245 Å². The summed E-state index contributed by atoms with van der Waals surface area (Å²) >= 11 is 1.79. The van der Waals surface area contributed by atoms with Crippen molar-refractivity contribution in [3.05, 3.63) is 133 Å². The van der Waals surface area contributed by atoms with Gasteiger partial charge in [0.1, 0.15) is 17.8 Å². The molecule has 0 aliphatic rings. The third kappa shape index (κ3) is 3.62. The molecule has 0 fully saturated rings. The van der Waals surface area contributed by atoms with E-state index in [1.807, 2.05) is 60.7 Å². The van der Waals surface area contributed by atoms with Crippen LogP contribution in [0.3, 0.4) is 0 Å². The molecule has 5 heteroatoms. The second kappa shape index (κ2) is 9.42. The molecule has 0 aliphatic carbocycles. The molecule has 194 valence electrons. The summed E-state index contributed by atoms with van der Waals surface area (Å²) < 4.78 is 4.67. The summed E-state index contributed by atoms with van der Waals surface area (Å²) in [4.78, 5) is 4.46. The normalized spacial score (nSPS) is 11.3. The summed E-state index contributed by atoms with van der Waals surface area (Å²) in [5.41, 5.74) is 7.19. The highest BCUT2D eigenvalue weighted by Crippen LogP contribution is 2.41. The van der Waals surface area contributed by atoms with E-state index in [9.17, 15) is 10.5 Å². The van der Waals surface area contributed by atoms with Crippen molar-refractivity contribution >= 4 is 53.3 Å². The average molecular weight is 553 g/mol. The Bertz CT molecular complexity index is 2440. The molecule has 0 unspecified atom stereocenters. The number of hydrogen-bond donors (Lipinski definition) is 0. The van der Waals surface area contributed by atoms with Crippen molar-refractivity contribution in [2.75, 3.05) is 0 Å². The molecule has 8 rings (SSSR count). The van der Waals surface area contributed by atoms with Gasteiger partial charge in [0.2, 0.25) is 0 Å². The molecule has 0 N–H and O–H groups in total. The molecule has 0 atom stereocenters. The van der Waals surface area contributed by atoms with Gasteiger partial charge in [-0.05, 0) is 53.6 Å². The van der Waals surface area contributed by atoms with E-state index in [1.165, 1.54) is 20.2 Å². The van der Waals surface area contributed by atoms with Crippen LogP contribution in [0.25, 0.3) is 69.9 Å². The number of aromatic nitrogens is 2. The van der Waals surface area contributed by atoms with Gasteiger partial charge in [-0.1, -0.05) is 72.8 Å². The summed E-state index contributed by atoms with van der Waals surface area (Å²) in [7, 11) is 0. The van der Waals surface area contributed by atoms with Crippen molar-refractivity contribution < 1.29 is 0 Å². The van der Waals surface area contributed by atoms with E-state index in [-0.39, 0.29) is 0 Å². The largest absolute Gasteiger partial charge is 0.308 e. The fourth-order valence-electron chi connectivity index (χ4n) is 6.00. The first-order valence-corrected chi connectivity index (χ1v) is 14.4. The Morgan fingerprint density at radius 2 is 1.36 bits per heavy atom. The van der Waals surface area contributed by atoms with Gasteiger partial charge in [0.25, 0.3) is 0 Å². The zero-order valence-electron chi connectivity index (χ0n) is 22.2. The number of rotatable bonds is 3. The van der Waals surface area contributed by atoms with Gasteiger partial charge in [0.05, 0.1) is 22.3 Å². The van der Waals surface area contributed by atoms with Crippen LogP contribution in [0.1, 0.15) is 11.3 Å². The van der Waals surface area contributed by atoms with Crippen LogP contribution >= 0.6 is 11.3 Å². The van der Waals surface area contributed by atoms with Gasteiger partial charge in [-0.25, -0.2) is 4.98 Å². The van der Waals surface area contributed by atoms with E-state index < -0.39 is 0 Å². The summed E-state index contributed by atoms with van der Waals surface area (Å²) in [6, 6.07) is 43.9. The minimum Gasteiger partial charge on any atom is -0.308 e. The highest BCUT2D eigenvalue weighted by molar-refractivity contribution is 7.25. The fraction of sp³-hybridized carbons (Fsp3) is 0. The number of nitrogens with zero attached hydrogens (tertiary/aromatic N) is 4. The first kappa shape index (κ1) is 24.1. The molecule has 0 bridgehead atoms. The molecule has 8 aromatic rings. The third-order valence-electron chi connectivity index (χ3n) is 7.94. The molecule has 42 heavy (non-hydrogen) atoms. The lowest BCUT2D eigenvalue weighted by atomic mass is 9.97. The minimum atomic E-state index is 0.329. The second-order valence-electron chi connectivity index (χ2n) is 10.3. The van der Waals surface area contributed by atoms with Crippen molar-refractivity contribution in [3.63, 3.8) is 0 Å². The summed E-state index contributed by atoms with van der Waals surface area (Å²) in [6.45, 7) is 0. The second-order valence-corrected chi connectivity index (χ2v) is 11.3. The maximum absolute atomic E-state index is 10.4. The van der Waals surface area contributed by atoms with Crippen LogP contribution in [-0.2, 0) is 0 Å². The number of fused-ring (bicyclic) bond motifs is 6. The molecule has 0 aliphatic heterocycles. The first-order valence-electron chi connectivity index (χ1n) is 13.6. The van der Waals surface area contributed by atoms with Gasteiger partial charge in [-0.15, -0.1) is 11.3 Å². The molecule has 0 amide bonds. The topological polar surface area (TPSA) is 65.4 Å². The van der Waals surface area contributed by atoms with Crippen molar-refractivity contribution in [3.8, 4) is 40.1 Å². The standard InChI is InChI=1S/C37H20N4S/c38-20-25-16-24(29-17-26(22-40-32(29)21-39)23-8-2-1-3-9-23)14-15-33(25)41-34-12-6-4-10-27(34)30-18-31-28-11-5-7-13-36(28)42-37(31)19-35(30)41/h1-19,22H. The molecule has 0 saturated heterocycles. The van der Waals surface area contributed by atoms with Gasteiger partial charge in [-0.3, -0.25) is 0 Å². The van der Waals surface area contributed by atoms with Crippen molar-refractivity contribution in [2.24, 2.45) is 0 Å². The quantitative estimate of drug-likeness (QED) is 0.219. The van der Waals surface area contributed by atoms with Gasteiger partial charge in [-0.2, -0.15) is 10.5 Å². The van der Waals surface area contributed by atoms with E-state index >= 15 is 0 Å². The number of benzene rings is 5. The zero-order valence-corrected chi connectivity index (χ0v) is 23.1. The van der Waals surface area contributed by atoms with Crippen molar-refractivity contribution in [1.29, 1.82) is 10.5 Å². The fourth-order valence-corrected chi connectivity index (χ4v) is 7.12. The van der Waals surface area contributed by atoms with Crippen LogP contribution < -0.4 is 0 Å². The van der Waals surface area contributed by atoms with Gasteiger partial charge in [0, 0.05) is 48.3 Å². The van der Waals surface area contributed by atoms with E-state index in [0.29, 0.717) is 16.8 Å². The monoisotopic (exact) mass is 552 g/mol. The zero-order chi connectivity index (χ0) is 28.2. The van der Waals surface area contributed by atoms with Crippen LogP contribution in [-0.4, -0.2) is 9.55 Å². The number of pyridine rings is 1. The van der Waals surface area contributed by atoms with E-state index in [0.717, 1.165) is 44.2 Å². The molecule has 3 aromatic heterocycles. The SMILES string of the molecule is N#Cc1cc(-c2cc(-c3ccccc3)cnc2C#N)ccc1-n1c2ccccc2c2cc3c(cc21)sc1ccccc13. The molecule has 3 heterocycles. The maximum atomic E-state index is 10.4. The number of para-hydroxylation sites is 1. The van der Waals surface area contributed by atoms with Gasteiger partial charge in [0.15, 0.2) is 0 Å². The highest BCUT2D eigenvalue weighted by Gasteiger charge is 2.18.